The van der Waals surface area contributed by atoms with Crippen LogP contribution in [0.4, 0.5) is 0 Å². The van der Waals surface area contributed by atoms with Gasteiger partial charge < -0.3 is 0 Å². The third-order valence-electron chi connectivity index (χ3n) is 1.96. The van der Waals surface area contributed by atoms with E-state index in [9.17, 15) is 13.2 Å². The molecule has 0 aliphatic carbocycles. The molecular formula is C6H12N2O3S. The molecule has 70 valence electrons. The molecule has 1 amide bonds. The first-order valence-electron chi connectivity index (χ1n) is 3.73. The second-order valence-corrected chi connectivity index (χ2v) is 5.27. The molecule has 1 unspecified atom stereocenters. The van der Waals surface area contributed by atoms with Crippen LogP contribution in [-0.4, -0.2) is 25.8 Å². The lowest BCUT2D eigenvalue weighted by Gasteiger charge is -2.04. The average Bonchev–Trinajstić information content (AvgIpc) is 2.30. The van der Waals surface area contributed by atoms with Gasteiger partial charge in [-0.15, -0.1) is 0 Å². The number of hydrazine groups is 1. The molecule has 0 saturated carbocycles. The Morgan fingerprint density at radius 3 is 2.67 bits per heavy atom. The van der Waals surface area contributed by atoms with Crippen molar-refractivity contribution in [2.45, 2.75) is 12.8 Å². The topological polar surface area (TPSA) is 89.3 Å². The maximum absolute atomic E-state index is 10.9. The molecule has 3 N–H and O–H groups in total. The van der Waals surface area contributed by atoms with E-state index in [1.165, 1.54) is 0 Å². The Kier molecular flexibility index (Phi) is 2.69. The molecule has 1 saturated heterocycles. The molecule has 0 spiro atoms. The number of carbonyl (C=O) groups excluding carboxylic acids is 1. The standard InChI is InChI=1S/C6H12N2O3S/c7-8-6(9)3-5-1-2-12(10,11)4-5/h5H,1-4,7H2,(H,8,9). The van der Waals surface area contributed by atoms with Gasteiger partial charge in [0, 0.05) is 6.42 Å². The van der Waals surface area contributed by atoms with Gasteiger partial charge in [0.05, 0.1) is 11.5 Å². The van der Waals surface area contributed by atoms with Gasteiger partial charge in [-0.25, -0.2) is 14.3 Å². The summed E-state index contributed by atoms with van der Waals surface area (Å²) in [6, 6.07) is 0. The molecule has 1 heterocycles. The van der Waals surface area contributed by atoms with Crippen LogP contribution >= 0.6 is 0 Å². The largest absolute Gasteiger partial charge is 0.294 e. The number of hydrogen-bond acceptors (Lipinski definition) is 4. The van der Waals surface area contributed by atoms with E-state index >= 15 is 0 Å². The van der Waals surface area contributed by atoms with Crippen molar-refractivity contribution in [3.63, 3.8) is 0 Å². The zero-order valence-electron chi connectivity index (χ0n) is 6.62. The van der Waals surface area contributed by atoms with Gasteiger partial charge in [-0.05, 0) is 12.3 Å². The monoisotopic (exact) mass is 192 g/mol. The Hall–Kier alpha value is -0.620. The van der Waals surface area contributed by atoms with Crippen LogP contribution in [0.5, 0.6) is 0 Å². The molecule has 12 heavy (non-hydrogen) atoms. The fourth-order valence-electron chi connectivity index (χ4n) is 1.35. The summed E-state index contributed by atoms with van der Waals surface area (Å²) in [5.41, 5.74) is 1.99. The predicted octanol–water partition coefficient (Wildman–Crippen LogP) is -1.20. The predicted molar refractivity (Wildman–Crippen MR) is 43.7 cm³/mol. The molecule has 1 rings (SSSR count). The Bertz CT molecular complexity index is 273. The second kappa shape index (κ2) is 3.40. The van der Waals surface area contributed by atoms with E-state index in [2.05, 4.69) is 0 Å². The molecule has 0 aromatic carbocycles. The van der Waals surface area contributed by atoms with Gasteiger partial charge in [-0.1, -0.05) is 0 Å². The summed E-state index contributed by atoms with van der Waals surface area (Å²) in [5.74, 6) is 4.86. The van der Waals surface area contributed by atoms with Crippen molar-refractivity contribution in [1.82, 2.24) is 5.43 Å². The van der Waals surface area contributed by atoms with Crippen molar-refractivity contribution in [2.75, 3.05) is 11.5 Å². The SMILES string of the molecule is NNC(=O)CC1CCS(=O)(=O)C1. The molecule has 1 fully saturated rings. The Balaban J connectivity index is 2.43. The zero-order valence-corrected chi connectivity index (χ0v) is 7.43. The van der Waals surface area contributed by atoms with Crippen LogP contribution in [0.2, 0.25) is 0 Å². The summed E-state index contributed by atoms with van der Waals surface area (Å²) in [6.07, 6.45) is 0.797. The second-order valence-electron chi connectivity index (χ2n) is 3.04. The van der Waals surface area contributed by atoms with E-state index in [1.54, 1.807) is 0 Å². The average molecular weight is 192 g/mol. The van der Waals surface area contributed by atoms with Crippen LogP contribution in [0.15, 0.2) is 0 Å². The summed E-state index contributed by atoms with van der Waals surface area (Å²) in [6.45, 7) is 0. The smallest absolute Gasteiger partial charge is 0.234 e. The Morgan fingerprint density at radius 2 is 2.25 bits per heavy atom. The number of nitrogens with one attached hydrogen (secondary N) is 1. The summed E-state index contributed by atoms with van der Waals surface area (Å²) >= 11 is 0. The quantitative estimate of drug-likeness (QED) is 0.327. The summed E-state index contributed by atoms with van der Waals surface area (Å²) < 4.78 is 21.9. The van der Waals surface area contributed by atoms with E-state index in [-0.39, 0.29) is 29.8 Å². The van der Waals surface area contributed by atoms with Gasteiger partial charge in [0.15, 0.2) is 9.84 Å². The van der Waals surface area contributed by atoms with E-state index in [0.717, 1.165) is 0 Å². The highest BCUT2D eigenvalue weighted by Gasteiger charge is 2.28. The van der Waals surface area contributed by atoms with Crippen LogP contribution in [0, 0.1) is 5.92 Å². The highest BCUT2D eigenvalue weighted by Crippen LogP contribution is 2.20. The van der Waals surface area contributed by atoms with Gasteiger partial charge in [-0.3, -0.25) is 10.2 Å². The highest BCUT2D eigenvalue weighted by atomic mass is 32.2. The molecule has 0 aromatic heterocycles. The molecule has 1 atom stereocenters. The van der Waals surface area contributed by atoms with Crippen molar-refractivity contribution in [3.8, 4) is 0 Å². The molecular weight excluding hydrogens is 180 g/mol. The van der Waals surface area contributed by atoms with E-state index in [1.807, 2.05) is 5.43 Å². The minimum Gasteiger partial charge on any atom is -0.294 e. The number of carbonyl (C=O) groups is 1. The molecule has 1 aliphatic rings. The Morgan fingerprint density at radius 1 is 1.58 bits per heavy atom. The zero-order chi connectivity index (χ0) is 9.19. The molecule has 1 aliphatic heterocycles. The third-order valence-corrected chi connectivity index (χ3v) is 3.80. The van der Waals surface area contributed by atoms with Crippen molar-refractivity contribution < 1.29 is 13.2 Å². The molecule has 0 aromatic rings. The number of rotatable bonds is 2. The number of sulfone groups is 1. The molecule has 0 bridgehead atoms. The molecule has 6 heteroatoms. The van der Waals surface area contributed by atoms with Gasteiger partial charge in [0.2, 0.25) is 5.91 Å². The van der Waals surface area contributed by atoms with Crippen LogP contribution in [0.3, 0.4) is 0 Å². The van der Waals surface area contributed by atoms with Crippen LogP contribution in [-0.2, 0) is 14.6 Å². The summed E-state index contributed by atoms with van der Waals surface area (Å²) in [4.78, 5) is 10.7. The fraction of sp³-hybridized carbons (Fsp3) is 0.833. The fourth-order valence-corrected chi connectivity index (χ4v) is 3.22. The maximum Gasteiger partial charge on any atom is 0.234 e. The van der Waals surface area contributed by atoms with Crippen LogP contribution in [0.25, 0.3) is 0 Å². The summed E-state index contributed by atoms with van der Waals surface area (Å²) in [5, 5.41) is 0. The van der Waals surface area contributed by atoms with Gasteiger partial charge in [0.25, 0.3) is 0 Å². The van der Waals surface area contributed by atoms with E-state index in [4.69, 9.17) is 5.84 Å². The normalized spacial score (nSPS) is 26.9. The van der Waals surface area contributed by atoms with Gasteiger partial charge in [-0.2, -0.15) is 0 Å². The lowest BCUT2D eigenvalue weighted by molar-refractivity contribution is -0.121. The van der Waals surface area contributed by atoms with Crippen LogP contribution < -0.4 is 11.3 Å². The first-order valence-corrected chi connectivity index (χ1v) is 5.55. The highest BCUT2D eigenvalue weighted by molar-refractivity contribution is 7.91. The third kappa shape index (κ3) is 2.46. The Labute approximate surface area is 71.2 Å². The van der Waals surface area contributed by atoms with Gasteiger partial charge >= 0.3 is 0 Å². The summed E-state index contributed by atoms with van der Waals surface area (Å²) in [7, 11) is -2.87. The van der Waals surface area contributed by atoms with Crippen molar-refractivity contribution in [1.29, 1.82) is 0 Å². The van der Waals surface area contributed by atoms with Crippen molar-refractivity contribution in [2.24, 2.45) is 11.8 Å². The van der Waals surface area contributed by atoms with E-state index < -0.39 is 9.84 Å². The lowest BCUT2D eigenvalue weighted by Crippen LogP contribution is -2.31. The number of hydrogen-bond donors (Lipinski definition) is 2. The van der Waals surface area contributed by atoms with Crippen LogP contribution in [0.1, 0.15) is 12.8 Å². The molecule has 5 nitrogen and oxygen atoms in total. The van der Waals surface area contributed by atoms with E-state index in [0.29, 0.717) is 6.42 Å². The first-order chi connectivity index (χ1) is 5.53. The first kappa shape index (κ1) is 9.47. The van der Waals surface area contributed by atoms with Gasteiger partial charge in [0.1, 0.15) is 0 Å². The number of amides is 1. The molecule has 0 radical (unpaired) electrons. The maximum atomic E-state index is 10.9. The minimum atomic E-state index is -2.87. The number of nitrogens with two attached hydrogens (primary N) is 1. The minimum absolute atomic E-state index is 0.0430. The lowest BCUT2D eigenvalue weighted by atomic mass is 10.1. The van der Waals surface area contributed by atoms with Crippen molar-refractivity contribution in [3.05, 3.63) is 0 Å². The van der Waals surface area contributed by atoms with Crippen molar-refractivity contribution >= 4 is 15.7 Å².